The third-order valence-corrected chi connectivity index (χ3v) is 7.34. The van der Waals surface area contributed by atoms with Gasteiger partial charge in [-0.2, -0.15) is 0 Å². The van der Waals surface area contributed by atoms with Crippen LogP contribution in [0.3, 0.4) is 0 Å². The molecule has 2 aliphatic rings. The second-order valence-electron chi connectivity index (χ2n) is 8.53. The highest BCUT2D eigenvalue weighted by molar-refractivity contribution is 7.13. The van der Waals surface area contributed by atoms with Crippen molar-refractivity contribution in [3.63, 3.8) is 0 Å². The Kier molecular flexibility index (Phi) is 5.89. The molecule has 0 saturated carbocycles. The molecule has 5 rings (SSSR count). The van der Waals surface area contributed by atoms with Crippen molar-refractivity contribution >= 4 is 40.4 Å². The molecule has 1 saturated heterocycles. The summed E-state index contributed by atoms with van der Waals surface area (Å²) in [5.74, 6) is -1.41. The number of fused-ring (bicyclic) bond motifs is 3. The number of nitrogens with one attached hydrogen (secondary N) is 1. The highest BCUT2D eigenvalue weighted by atomic mass is 32.1. The van der Waals surface area contributed by atoms with Crippen molar-refractivity contribution in [1.82, 2.24) is 14.5 Å². The van der Waals surface area contributed by atoms with E-state index >= 15 is 0 Å². The summed E-state index contributed by atoms with van der Waals surface area (Å²) in [4.78, 5) is 44.8. The second kappa shape index (κ2) is 9.00. The van der Waals surface area contributed by atoms with Crippen LogP contribution in [0, 0.1) is 11.8 Å². The molecule has 9 heteroatoms. The largest absolute Gasteiger partial charge is 0.396 e. The van der Waals surface area contributed by atoms with Gasteiger partial charge in [0.2, 0.25) is 11.8 Å². The first kappa shape index (κ1) is 22.2. The number of aromatic nitrogens is 2. The zero-order valence-corrected chi connectivity index (χ0v) is 19.3. The molecule has 1 aromatic carbocycles. The Morgan fingerprint density at radius 3 is 2.68 bits per heavy atom. The quantitative estimate of drug-likeness (QED) is 0.589. The molecule has 8 nitrogen and oxygen atoms in total. The summed E-state index contributed by atoms with van der Waals surface area (Å²) in [7, 11) is 0. The highest BCUT2D eigenvalue weighted by Crippen LogP contribution is 2.49. The number of thiazole rings is 1. The average molecular weight is 477 g/mol. The Morgan fingerprint density at radius 2 is 2.00 bits per heavy atom. The van der Waals surface area contributed by atoms with Crippen LogP contribution in [0.5, 0.6) is 0 Å². The molecule has 0 unspecified atom stereocenters. The van der Waals surface area contributed by atoms with Crippen LogP contribution in [-0.4, -0.2) is 44.0 Å². The van der Waals surface area contributed by atoms with E-state index in [4.69, 9.17) is 0 Å². The van der Waals surface area contributed by atoms with E-state index < -0.39 is 18.0 Å². The molecule has 2 N–H and O–H groups in total. The summed E-state index contributed by atoms with van der Waals surface area (Å²) < 4.78 is 1.67. The van der Waals surface area contributed by atoms with E-state index in [1.54, 1.807) is 28.3 Å². The third-order valence-electron chi connectivity index (χ3n) is 6.65. The minimum atomic E-state index is -0.845. The van der Waals surface area contributed by atoms with Gasteiger partial charge < -0.3 is 19.9 Å². The van der Waals surface area contributed by atoms with Gasteiger partial charge in [0.25, 0.3) is 5.56 Å². The molecule has 4 heterocycles. The van der Waals surface area contributed by atoms with Gasteiger partial charge in [-0.1, -0.05) is 36.4 Å². The van der Waals surface area contributed by atoms with E-state index in [-0.39, 0.29) is 29.9 Å². The summed E-state index contributed by atoms with van der Waals surface area (Å²) >= 11 is 1.28. The standard InChI is InChI=1S/C25H24N4O4S/c1-15(31)29-21-18(19(14-30)22(29)23(32)27-25-26-11-12-34-25)13-28-20(21)10-9-17(24(28)33)8-7-16-5-3-2-4-6-16/h2-12,18-19,21-22,30H,13-14H2,1H3,(H,26,27,32)/b8-7+/t18-,19-,21+,22-/m0/s1. The molecular formula is C25H24N4O4S. The van der Waals surface area contributed by atoms with Crippen molar-refractivity contribution in [2.24, 2.45) is 11.8 Å². The SMILES string of the molecule is CC(=O)N1[C@H](C(=O)Nc2nccs2)[C@@H](CO)[C@@H]2Cn3c(ccc(/C=C/c4ccccc4)c3=O)[C@@H]21. The average Bonchev–Trinajstić information content (AvgIpc) is 3.54. The van der Waals surface area contributed by atoms with Gasteiger partial charge in [-0.25, -0.2) is 4.98 Å². The molecule has 2 aromatic heterocycles. The molecule has 3 aromatic rings. The Hall–Kier alpha value is -3.56. The summed E-state index contributed by atoms with van der Waals surface area (Å²) in [5, 5.41) is 15.2. The molecule has 0 aliphatic carbocycles. The van der Waals surface area contributed by atoms with Crippen LogP contribution in [-0.2, 0) is 16.1 Å². The fourth-order valence-corrected chi connectivity index (χ4v) is 5.74. The number of hydrogen-bond acceptors (Lipinski definition) is 6. The van der Waals surface area contributed by atoms with E-state index in [0.717, 1.165) is 5.56 Å². The lowest BCUT2D eigenvalue weighted by Gasteiger charge is -2.29. The van der Waals surface area contributed by atoms with E-state index in [1.807, 2.05) is 42.5 Å². The van der Waals surface area contributed by atoms with Gasteiger partial charge in [-0.15, -0.1) is 11.3 Å². The van der Waals surface area contributed by atoms with Crippen molar-refractivity contribution in [3.8, 4) is 0 Å². The highest BCUT2D eigenvalue weighted by Gasteiger charge is 2.56. The monoisotopic (exact) mass is 476 g/mol. The van der Waals surface area contributed by atoms with Crippen LogP contribution in [0.1, 0.15) is 29.8 Å². The van der Waals surface area contributed by atoms with Crippen LogP contribution in [0.2, 0.25) is 0 Å². The van der Waals surface area contributed by atoms with Crippen LogP contribution in [0.15, 0.2) is 58.8 Å². The fraction of sp³-hybridized carbons (Fsp3) is 0.280. The van der Waals surface area contributed by atoms with Gasteiger partial charge in [-0.3, -0.25) is 14.4 Å². The van der Waals surface area contributed by atoms with Crippen LogP contribution >= 0.6 is 11.3 Å². The van der Waals surface area contributed by atoms with Gasteiger partial charge in [0.1, 0.15) is 6.04 Å². The number of benzene rings is 1. The first-order chi connectivity index (χ1) is 16.5. The van der Waals surface area contributed by atoms with Crippen molar-refractivity contribution in [1.29, 1.82) is 0 Å². The number of hydrogen-bond donors (Lipinski definition) is 2. The summed E-state index contributed by atoms with van der Waals surface area (Å²) in [6, 6.07) is 12.0. The number of anilines is 1. The van der Waals surface area contributed by atoms with Crippen LogP contribution < -0.4 is 10.9 Å². The van der Waals surface area contributed by atoms with Crippen molar-refractivity contribution in [2.75, 3.05) is 11.9 Å². The van der Waals surface area contributed by atoms with Crippen molar-refractivity contribution < 1.29 is 14.7 Å². The Bertz CT molecular complexity index is 1300. The lowest BCUT2D eigenvalue weighted by molar-refractivity contribution is -0.138. The minimum Gasteiger partial charge on any atom is -0.396 e. The Labute approximate surface area is 200 Å². The summed E-state index contributed by atoms with van der Waals surface area (Å²) in [6.45, 7) is 1.48. The fourth-order valence-electron chi connectivity index (χ4n) is 5.21. The van der Waals surface area contributed by atoms with Crippen molar-refractivity contribution in [2.45, 2.75) is 25.6 Å². The number of likely N-dealkylation sites (tertiary alicyclic amines) is 1. The first-order valence-electron chi connectivity index (χ1n) is 11.1. The van der Waals surface area contributed by atoms with E-state index in [2.05, 4.69) is 10.3 Å². The van der Waals surface area contributed by atoms with Gasteiger partial charge >= 0.3 is 0 Å². The number of pyridine rings is 1. The van der Waals surface area contributed by atoms with Gasteiger partial charge in [0.05, 0.1) is 6.04 Å². The van der Waals surface area contributed by atoms with Crippen molar-refractivity contribution in [3.05, 3.63) is 81.2 Å². The lowest BCUT2D eigenvalue weighted by Crippen LogP contribution is -2.47. The molecule has 34 heavy (non-hydrogen) atoms. The maximum atomic E-state index is 13.3. The molecular weight excluding hydrogens is 452 g/mol. The minimum absolute atomic E-state index is 0.150. The Balaban J connectivity index is 1.49. The number of rotatable bonds is 5. The summed E-state index contributed by atoms with van der Waals surface area (Å²) in [5.41, 5.74) is 2.06. The van der Waals surface area contributed by atoms with Crippen LogP contribution in [0.4, 0.5) is 5.13 Å². The van der Waals surface area contributed by atoms with E-state index in [0.29, 0.717) is 22.9 Å². The maximum absolute atomic E-state index is 13.3. The molecule has 2 aliphatic heterocycles. The van der Waals surface area contributed by atoms with Crippen LogP contribution in [0.25, 0.3) is 12.2 Å². The predicted octanol–water partition coefficient (Wildman–Crippen LogP) is 2.62. The lowest BCUT2D eigenvalue weighted by atomic mass is 9.88. The zero-order valence-electron chi connectivity index (χ0n) is 18.5. The molecule has 0 radical (unpaired) electrons. The number of aliphatic hydroxyl groups excluding tert-OH is 1. The normalized spacial score (nSPS) is 23.2. The van der Waals surface area contributed by atoms with Gasteiger partial charge in [0.15, 0.2) is 5.13 Å². The number of nitrogens with zero attached hydrogens (tertiary/aromatic N) is 3. The second-order valence-corrected chi connectivity index (χ2v) is 9.42. The van der Waals surface area contributed by atoms with E-state index in [1.165, 1.54) is 23.2 Å². The van der Waals surface area contributed by atoms with Gasteiger partial charge in [-0.05, 0) is 23.8 Å². The molecule has 4 atom stereocenters. The first-order valence-corrected chi connectivity index (χ1v) is 11.9. The molecule has 2 amide bonds. The molecule has 1 fully saturated rings. The van der Waals surface area contributed by atoms with Gasteiger partial charge in [0, 0.05) is 54.7 Å². The maximum Gasteiger partial charge on any atom is 0.258 e. The predicted molar refractivity (Wildman–Crippen MR) is 130 cm³/mol. The number of carbonyl (C=O) groups excluding carboxylic acids is 2. The number of amides is 2. The smallest absolute Gasteiger partial charge is 0.258 e. The number of carbonyl (C=O) groups is 2. The van der Waals surface area contributed by atoms with E-state index in [9.17, 15) is 19.5 Å². The molecule has 0 spiro atoms. The molecule has 0 bridgehead atoms. The molecule has 174 valence electrons. The Morgan fingerprint density at radius 1 is 1.21 bits per heavy atom. The number of aliphatic hydroxyl groups is 1. The topological polar surface area (TPSA) is 105 Å². The summed E-state index contributed by atoms with van der Waals surface area (Å²) in [6.07, 6.45) is 5.26. The third kappa shape index (κ3) is 3.76. The zero-order chi connectivity index (χ0) is 23.8.